The van der Waals surface area contributed by atoms with Gasteiger partial charge in [0.15, 0.2) is 5.69 Å². The highest BCUT2D eigenvalue weighted by Gasteiger charge is 2.38. The zero-order valence-corrected chi connectivity index (χ0v) is 20.9. The van der Waals surface area contributed by atoms with Gasteiger partial charge in [-0.1, -0.05) is 36.4 Å². The Morgan fingerprint density at radius 1 is 1.03 bits per heavy atom. The maximum absolute atomic E-state index is 13.7. The lowest BCUT2D eigenvalue weighted by molar-refractivity contribution is -0.141. The van der Waals surface area contributed by atoms with Crippen molar-refractivity contribution in [3.05, 3.63) is 95.3 Å². The maximum atomic E-state index is 13.7. The molecule has 1 aliphatic rings. The van der Waals surface area contributed by atoms with Gasteiger partial charge in [0.05, 0.1) is 16.8 Å². The van der Waals surface area contributed by atoms with Gasteiger partial charge in [-0.25, -0.2) is 18.2 Å². The molecular formula is C26H21F3N6O3S. The van der Waals surface area contributed by atoms with Gasteiger partial charge in [-0.2, -0.15) is 23.4 Å². The smallest absolute Gasteiger partial charge is 0.323 e. The highest BCUT2D eigenvalue weighted by atomic mass is 32.2. The Balaban J connectivity index is 1.55. The number of hydrogen-bond donors (Lipinski definition) is 2. The van der Waals surface area contributed by atoms with Crippen LogP contribution in [0.1, 0.15) is 27.3 Å². The Morgan fingerprint density at radius 2 is 1.79 bits per heavy atom. The molecule has 0 unspecified atom stereocenters. The zero-order chi connectivity index (χ0) is 27.9. The van der Waals surface area contributed by atoms with Crippen molar-refractivity contribution in [2.75, 3.05) is 11.4 Å². The average Bonchev–Trinajstić information content (AvgIpc) is 3.53. The fraction of sp³-hybridized carbons (Fsp3) is 0.115. The molecule has 0 aliphatic carbocycles. The Labute approximate surface area is 221 Å². The van der Waals surface area contributed by atoms with Crippen molar-refractivity contribution in [2.24, 2.45) is 16.1 Å². The quantitative estimate of drug-likeness (QED) is 0.220. The van der Waals surface area contributed by atoms with Crippen molar-refractivity contribution < 1.29 is 26.4 Å². The second kappa shape index (κ2) is 9.67. The van der Waals surface area contributed by atoms with Crippen LogP contribution in [0, 0.1) is 0 Å². The van der Waals surface area contributed by atoms with E-state index in [2.05, 4.69) is 10.2 Å². The van der Waals surface area contributed by atoms with Crippen LogP contribution in [0.3, 0.4) is 0 Å². The maximum Gasteiger partial charge on any atom is 0.435 e. The SMILES string of the molecule is NN=Cc1cccc(-n2nc(C(F)(F)F)cc2C(=O)N2CCc3cc(-c4ccccc4S(N)(=O)=O)ccc32)c1. The summed E-state index contributed by atoms with van der Waals surface area (Å²) < 4.78 is 65.9. The molecule has 3 aromatic carbocycles. The largest absolute Gasteiger partial charge is 0.435 e. The number of nitrogens with zero attached hydrogens (tertiary/aromatic N) is 4. The van der Waals surface area contributed by atoms with E-state index in [0.29, 0.717) is 28.8 Å². The number of fused-ring (bicyclic) bond motifs is 1. The van der Waals surface area contributed by atoms with E-state index in [1.54, 1.807) is 48.5 Å². The number of amides is 1. The third-order valence-electron chi connectivity index (χ3n) is 6.28. The molecule has 0 fully saturated rings. The van der Waals surface area contributed by atoms with Crippen LogP contribution < -0.4 is 15.9 Å². The van der Waals surface area contributed by atoms with E-state index in [0.717, 1.165) is 16.3 Å². The first-order valence-corrected chi connectivity index (χ1v) is 13.1. The number of primary sulfonamides is 1. The van der Waals surface area contributed by atoms with Crippen LogP contribution in [-0.2, 0) is 22.6 Å². The first kappa shape index (κ1) is 26.1. The van der Waals surface area contributed by atoms with Crippen molar-refractivity contribution in [2.45, 2.75) is 17.5 Å². The number of halogens is 3. The molecule has 9 nitrogen and oxygen atoms in total. The number of carbonyl (C=O) groups excluding carboxylic acids is 1. The van der Waals surface area contributed by atoms with Crippen molar-refractivity contribution >= 4 is 27.8 Å². The molecule has 0 bridgehead atoms. The third-order valence-corrected chi connectivity index (χ3v) is 7.25. The molecule has 2 heterocycles. The number of rotatable bonds is 5. The van der Waals surface area contributed by atoms with Crippen LogP contribution in [0.25, 0.3) is 16.8 Å². The summed E-state index contributed by atoms with van der Waals surface area (Å²) in [5.74, 6) is 4.52. The summed E-state index contributed by atoms with van der Waals surface area (Å²) in [6, 6.07) is 18.3. The summed E-state index contributed by atoms with van der Waals surface area (Å²) in [5, 5.41) is 12.5. The number of hydrogen-bond acceptors (Lipinski definition) is 6. The molecule has 1 amide bonds. The van der Waals surface area contributed by atoms with E-state index in [9.17, 15) is 26.4 Å². The molecule has 0 spiro atoms. The standard InChI is InChI=1S/C26H21F3N6O3S/c27-26(28,29)24-14-22(35(33-24)19-5-3-4-16(12-19)15-32-30)25(36)34-11-10-18-13-17(8-9-21(18)34)20-6-1-2-7-23(20)39(31,37)38/h1-9,12-15H,10-11,30H2,(H2,31,37,38). The molecule has 5 rings (SSSR count). The Bertz CT molecular complexity index is 1730. The lowest BCUT2D eigenvalue weighted by Gasteiger charge is -2.18. The number of anilines is 1. The van der Waals surface area contributed by atoms with E-state index in [4.69, 9.17) is 11.0 Å². The van der Waals surface area contributed by atoms with Crippen LogP contribution in [-0.4, -0.2) is 36.9 Å². The minimum absolute atomic E-state index is 0.0404. The van der Waals surface area contributed by atoms with Crippen molar-refractivity contribution in [1.29, 1.82) is 0 Å². The molecule has 4 aromatic rings. The van der Waals surface area contributed by atoms with Crippen LogP contribution in [0.2, 0.25) is 0 Å². The summed E-state index contributed by atoms with van der Waals surface area (Å²) in [6.07, 6.45) is -3.04. The minimum Gasteiger partial charge on any atom is -0.323 e. The summed E-state index contributed by atoms with van der Waals surface area (Å²) in [7, 11) is -3.98. The van der Waals surface area contributed by atoms with E-state index in [1.165, 1.54) is 29.3 Å². The summed E-state index contributed by atoms with van der Waals surface area (Å²) in [5.41, 5.74) is 1.46. The van der Waals surface area contributed by atoms with Crippen molar-refractivity contribution in [3.63, 3.8) is 0 Å². The lowest BCUT2D eigenvalue weighted by atomic mass is 10.0. The molecule has 0 saturated carbocycles. The number of nitrogens with two attached hydrogens (primary N) is 2. The van der Waals surface area contributed by atoms with Crippen molar-refractivity contribution in [3.8, 4) is 16.8 Å². The van der Waals surface area contributed by atoms with E-state index in [1.807, 2.05) is 0 Å². The van der Waals surface area contributed by atoms with Crippen LogP contribution in [0.15, 0.2) is 82.8 Å². The van der Waals surface area contributed by atoms with E-state index < -0.39 is 27.8 Å². The predicted molar refractivity (Wildman–Crippen MR) is 139 cm³/mol. The zero-order valence-electron chi connectivity index (χ0n) is 20.1. The van der Waals surface area contributed by atoms with Gasteiger partial charge in [-0.3, -0.25) is 4.79 Å². The van der Waals surface area contributed by atoms with Gasteiger partial charge in [0, 0.05) is 23.9 Å². The number of sulfonamides is 1. The van der Waals surface area contributed by atoms with Crippen LogP contribution in [0.5, 0.6) is 0 Å². The second-order valence-corrected chi connectivity index (χ2v) is 10.3. The van der Waals surface area contributed by atoms with Gasteiger partial charge in [-0.05, 0) is 53.4 Å². The number of benzene rings is 3. The molecule has 1 aromatic heterocycles. The van der Waals surface area contributed by atoms with E-state index >= 15 is 0 Å². The Kier molecular flexibility index (Phi) is 6.48. The number of hydrazone groups is 1. The molecule has 0 saturated heterocycles. The van der Waals surface area contributed by atoms with Gasteiger partial charge < -0.3 is 10.7 Å². The second-order valence-electron chi connectivity index (χ2n) is 8.79. The molecule has 39 heavy (non-hydrogen) atoms. The number of carbonyl (C=O) groups is 1. The van der Waals surface area contributed by atoms with Gasteiger partial charge >= 0.3 is 6.18 Å². The third kappa shape index (κ3) is 5.01. The molecule has 0 atom stereocenters. The first-order chi connectivity index (χ1) is 18.5. The fourth-order valence-electron chi connectivity index (χ4n) is 4.56. The van der Waals surface area contributed by atoms with Crippen molar-refractivity contribution in [1.82, 2.24) is 9.78 Å². The molecule has 1 aliphatic heterocycles. The molecule has 200 valence electrons. The van der Waals surface area contributed by atoms with Gasteiger partial charge in [-0.15, -0.1) is 0 Å². The molecular weight excluding hydrogens is 533 g/mol. The first-order valence-electron chi connectivity index (χ1n) is 11.6. The Morgan fingerprint density at radius 3 is 2.51 bits per heavy atom. The lowest BCUT2D eigenvalue weighted by Crippen LogP contribution is -2.30. The Hall–Kier alpha value is -4.49. The monoisotopic (exact) mass is 554 g/mol. The minimum atomic E-state index is -4.77. The molecule has 4 N–H and O–H groups in total. The van der Waals surface area contributed by atoms with Gasteiger partial charge in [0.1, 0.15) is 5.69 Å². The average molecular weight is 555 g/mol. The fourth-order valence-corrected chi connectivity index (χ4v) is 5.32. The summed E-state index contributed by atoms with van der Waals surface area (Å²) in [6.45, 7) is 0.209. The summed E-state index contributed by atoms with van der Waals surface area (Å²) >= 11 is 0. The summed E-state index contributed by atoms with van der Waals surface area (Å²) in [4.78, 5) is 15.0. The van der Waals surface area contributed by atoms with Gasteiger partial charge in [0.25, 0.3) is 5.91 Å². The van der Waals surface area contributed by atoms with Crippen LogP contribution in [0.4, 0.5) is 18.9 Å². The van der Waals surface area contributed by atoms with Crippen LogP contribution >= 0.6 is 0 Å². The normalized spacial score (nSPS) is 13.7. The predicted octanol–water partition coefficient (Wildman–Crippen LogP) is 3.70. The highest BCUT2D eigenvalue weighted by Crippen LogP contribution is 2.36. The van der Waals surface area contributed by atoms with E-state index in [-0.39, 0.29) is 22.8 Å². The number of aromatic nitrogens is 2. The molecule has 0 radical (unpaired) electrons. The van der Waals surface area contributed by atoms with Gasteiger partial charge in [0.2, 0.25) is 10.0 Å². The highest BCUT2D eigenvalue weighted by molar-refractivity contribution is 7.89. The number of alkyl halides is 3. The topological polar surface area (TPSA) is 137 Å². The molecule has 13 heteroatoms.